The fraction of sp³-hybridized carbons (Fsp3) is 0.278. The number of hydrogen-bond acceptors (Lipinski definition) is 2. The number of carbonyl (C=O) groups is 1. The van der Waals surface area contributed by atoms with Gasteiger partial charge in [0.15, 0.2) is 0 Å². The third kappa shape index (κ3) is 3.85. The Hall–Kier alpha value is -2.29. The first-order valence-electron chi connectivity index (χ1n) is 7.24. The van der Waals surface area contributed by atoms with Gasteiger partial charge < -0.3 is 10.2 Å². The van der Waals surface area contributed by atoms with Crippen molar-refractivity contribution in [3.63, 3.8) is 0 Å². The first-order chi connectivity index (χ1) is 10.1. The van der Waals surface area contributed by atoms with Crippen LogP contribution in [0.4, 0.5) is 5.69 Å². The van der Waals surface area contributed by atoms with Crippen molar-refractivity contribution in [1.29, 1.82) is 0 Å². The molecule has 0 fully saturated rings. The van der Waals surface area contributed by atoms with E-state index in [1.54, 1.807) is 19.0 Å². The Kier molecular flexibility index (Phi) is 4.99. The van der Waals surface area contributed by atoms with Crippen LogP contribution in [0.5, 0.6) is 0 Å². The minimum absolute atomic E-state index is 0.0134. The van der Waals surface area contributed by atoms with Crippen molar-refractivity contribution in [2.75, 3.05) is 19.4 Å². The van der Waals surface area contributed by atoms with Crippen molar-refractivity contribution in [2.45, 2.75) is 19.9 Å². The maximum Gasteiger partial charge on any atom is 0.255 e. The van der Waals surface area contributed by atoms with Crippen LogP contribution in [0.2, 0.25) is 0 Å². The molecule has 0 unspecified atom stereocenters. The molecule has 0 atom stereocenters. The lowest BCUT2D eigenvalue weighted by Gasteiger charge is -2.15. The predicted octanol–water partition coefficient (Wildman–Crippen LogP) is 3.56. The zero-order valence-electron chi connectivity index (χ0n) is 12.9. The van der Waals surface area contributed by atoms with Gasteiger partial charge in [-0.05, 0) is 29.7 Å². The second kappa shape index (κ2) is 6.93. The van der Waals surface area contributed by atoms with Gasteiger partial charge in [0.1, 0.15) is 0 Å². The summed E-state index contributed by atoms with van der Waals surface area (Å²) in [6.07, 6.45) is 1.05. The van der Waals surface area contributed by atoms with Gasteiger partial charge in [0, 0.05) is 26.3 Å². The molecule has 2 aromatic carbocycles. The number of aryl methyl sites for hydroxylation is 1. The van der Waals surface area contributed by atoms with E-state index in [4.69, 9.17) is 0 Å². The molecule has 0 aliphatic rings. The lowest BCUT2D eigenvalue weighted by molar-refractivity contribution is 0.0828. The second-order valence-electron chi connectivity index (χ2n) is 5.27. The van der Waals surface area contributed by atoms with E-state index in [-0.39, 0.29) is 5.91 Å². The normalized spacial score (nSPS) is 10.2. The van der Waals surface area contributed by atoms with Crippen LogP contribution in [-0.2, 0) is 13.0 Å². The highest BCUT2D eigenvalue weighted by Gasteiger charge is 2.12. The van der Waals surface area contributed by atoms with E-state index in [1.165, 1.54) is 11.1 Å². The summed E-state index contributed by atoms with van der Waals surface area (Å²) in [6.45, 7) is 2.86. The molecule has 0 aliphatic carbocycles. The molecule has 0 saturated carbocycles. The lowest BCUT2D eigenvalue weighted by Crippen LogP contribution is -2.22. The van der Waals surface area contributed by atoms with E-state index in [1.807, 2.05) is 24.3 Å². The van der Waals surface area contributed by atoms with Gasteiger partial charge in [-0.15, -0.1) is 0 Å². The van der Waals surface area contributed by atoms with Gasteiger partial charge in [0.05, 0.1) is 5.56 Å². The van der Waals surface area contributed by atoms with Gasteiger partial charge >= 0.3 is 0 Å². The average molecular weight is 282 g/mol. The number of amides is 1. The highest BCUT2D eigenvalue weighted by Crippen LogP contribution is 2.17. The van der Waals surface area contributed by atoms with Crippen LogP contribution in [0.1, 0.15) is 28.4 Å². The molecule has 0 spiro atoms. The molecular formula is C18H22N2O. The molecule has 2 rings (SSSR count). The minimum atomic E-state index is 0.0134. The molecule has 0 bridgehead atoms. The maximum atomic E-state index is 12.1. The molecule has 0 aromatic heterocycles. The van der Waals surface area contributed by atoms with E-state index in [0.717, 1.165) is 12.1 Å². The molecular weight excluding hydrogens is 260 g/mol. The summed E-state index contributed by atoms with van der Waals surface area (Å²) in [5, 5.41) is 3.36. The number of nitrogens with one attached hydrogen (secondary N) is 1. The van der Waals surface area contributed by atoms with Crippen LogP contribution in [0.15, 0.2) is 48.5 Å². The summed E-state index contributed by atoms with van der Waals surface area (Å²) in [7, 11) is 3.53. The fourth-order valence-corrected chi connectivity index (χ4v) is 2.15. The smallest absolute Gasteiger partial charge is 0.255 e. The molecule has 1 N–H and O–H groups in total. The highest BCUT2D eigenvalue weighted by molar-refractivity contribution is 5.99. The van der Waals surface area contributed by atoms with Gasteiger partial charge in [-0.3, -0.25) is 4.79 Å². The number of benzene rings is 2. The van der Waals surface area contributed by atoms with Crippen LogP contribution in [0.3, 0.4) is 0 Å². The number of para-hydroxylation sites is 1. The van der Waals surface area contributed by atoms with E-state index < -0.39 is 0 Å². The topological polar surface area (TPSA) is 32.3 Å². The standard InChI is InChI=1S/C18H22N2O/c1-4-14-9-11-15(12-10-14)13-19-17-8-6-5-7-16(17)18(21)20(2)3/h5-12,19H,4,13H2,1-3H3. The number of carbonyl (C=O) groups excluding carboxylic acids is 1. The SMILES string of the molecule is CCc1ccc(CNc2ccccc2C(=O)N(C)C)cc1. The van der Waals surface area contributed by atoms with E-state index in [2.05, 4.69) is 36.5 Å². The molecule has 1 amide bonds. The average Bonchev–Trinajstić information content (AvgIpc) is 2.53. The molecule has 0 heterocycles. The summed E-state index contributed by atoms with van der Waals surface area (Å²) in [4.78, 5) is 13.7. The largest absolute Gasteiger partial charge is 0.380 e. The summed E-state index contributed by atoms with van der Waals surface area (Å²) >= 11 is 0. The Balaban J connectivity index is 2.10. The maximum absolute atomic E-state index is 12.1. The Bertz CT molecular complexity index is 603. The summed E-state index contributed by atoms with van der Waals surface area (Å²) in [5.74, 6) is 0.0134. The number of nitrogens with zero attached hydrogens (tertiary/aromatic N) is 1. The van der Waals surface area contributed by atoms with Crippen molar-refractivity contribution in [3.05, 3.63) is 65.2 Å². The Labute approximate surface area is 126 Å². The Morgan fingerprint density at radius 1 is 1.00 bits per heavy atom. The van der Waals surface area contributed by atoms with Crippen molar-refractivity contribution in [1.82, 2.24) is 4.90 Å². The summed E-state index contributed by atoms with van der Waals surface area (Å²) < 4.78 is 0. The van der Waals surface area contributed by atoms with Crippen LogP contribution in [-0.4, -0.2) is 24.9 Å². The second-order valence-corrected chi connectivity index (χ2v) is 5.27. The number of hydrogen-bond donors (Lipinski definition) is 1. The van der Waals surface area contributed by atoms with Gasteiger partial charge in [-0.1, -0.05) is 43.3 Å². The third-order valence-electron chi connectivity index (χ3n) is 3.48. The third-order valence-corrected chi connectivity index (χ3v) is 3.48. The predicted molar refractivity (Wildman–Crippen MR) is 87.6 cm³/mol. The van der Waals surface area contributed by atoms with E-state index >= 15 is 0 Å². The van der Waals surface area contributed by atoms with Gasteiger partial charge in [0.25, 0.3) is 5.91 Å². The van der Waals surface area contributed by atoms with E-state index in [9.17, 15) is 4.79 Å². The van der Waals surface area contributed by atoms with Crippen molar-refractivity contribution in [3.8, 4) is 0 Å². The summed E-state index contributed by atoms with van der Waals surface area (Å²) in [5.41, 5.74) is 4.12. The molecule has 3 nitrogen and oxygen atoms in total. The van der Waals surface area contributed by atoms with Crippen LogP contribution in [0.25, 0.3) is 0 Å². The Morgan fingerprint density at radius 2 is 1.62 bits per heavy atom. The first-order valence-corrected chi connectivity index (χ1v) is 7.24. The minimum Gasteiger partial charge on any atom is -0.380 e. The zero-order chi connectivity index (χ0) is 15.2. The van der Waals surface area contributed by atoms with Crippen LogP contribution < -0.4 is 5.32 Å². The quantitative estimate of drug-likeness (QED) is 0.909. The first kappa shape index (κ1) is 15.1. The Morgan fingerprint density at radius 3 is 2.24 bits per heavy atom. The number of rotatable bonds is 5. The molecule has 21 heavy (non-hydrogen) atoms. The van der Waals surface area contributed by atoms with Crippen LogP contribution in [0, 0.1) is 0 Å². The van der Waals surface area contributed by atoms with Gasteiger partial charge in [-0.25, -0.2) is 0 Å². The van der Waals surface area contributed by atoms with Crippen LogP contribution >= 0.6 is 0 Å². The lowest BCUT2D eigenvalue weighted by atomic mass is 10.1. The summed E-state index contributed by atoms with van der Waals surface area (Å²) in [6, 6.07) is 16.2. The van der Waals surface area contributed by atoms with Crippen molar-refractivity contribution >= 4 is 11.6 Å². The molecule has 3 heteroatoms. The monoisotopic (exact) mass is 282 g/mol. The van der Waals surface area contributed by atoms with Crippen molar-refractivity contribution in [2.24, 2.45) is 0 Å². The molecule has 0 saturated heterocycles. The molecule has 0 aliphatic heterocycles. The van der Waals surface area contributed by atoms with Crippen molar-refractivity contribution < 1.29 is 4.79 Å². The highest BCUT2D eigenvalue weighted by atomic mass is 16.2. The number of anilines is 1. The fourth-order valence-electron chi connectivity index (χ4n) is 2.15. The van der Waals surface area contributed by atoms with Gasteiger partial charge in [0.2, 0.25) is 0 Å². The molecule has 110 valence electrons. The van der Waals surface area contributed by atoms with Gasteiger partial charge in [-0.2, -0.15) is 0 Å². The zero-order valence-corrected chi connectivity index (χ0v) is 12.9. The molecule has 0 radical (unpaired) electrons. The van der Waals surface area contributed by atoms with E-state index in [0.29, 0.717) is 12.1 Å². The molecule has 2 aromatic rings.